The smallest absolute Gasteiger partial charge is 0.410 e. The molecule has 3 aromatic rings. The van der Waals surface area contributed by atoms with Crippen LogP contribution in [0.2, 0.25) is 5.02 Å². The molecule has 5 rings (SSSR count). The van der Waals surface area contributed by atoms with Crippen molar-refractivity contribution in [3.05, 3.63) is 69.3 Å². The number of Topliss-reactive ketones (excluding diaryl/α,β-unsaturated/α-hetero) is 1. The average molecular weight is 487 g/mol. The van der Waals surface area contributed by atoms with Crippen molar-refractivity contribution in [3.8, 4) is 17.0 Å². The lowest BCUT2D eigenvalue weighted by Gasteiger charge is -2.43. The van der Waals surface area contributed by atoms with E-state index in [1.165, 1.54) is 29.5 Å². The number of thiazole rings is 1. The lowest BCUT2D eigenvalue weighted by molar-refractivity contribution is -0.00995. The van der Waals surface area contributed by atoms with Gasteiger partial charge in [0.15, 0.2) is 5.78 Å². The molecule has 2 aromatic carbocycles. The summed E-state index contributed by atoms with van der Waals surface area (Å²) in [7, 11) is 0. The summed E-state index contributed by atoms with van der Waals surface area (Å²) >= 11 is 7.35. The molecular formula is C24H20ClFN2O4S. The fourth-order valence-electron chi connectivity index (χ4n) is 4.19. The maximum atomic E-state index is 13.5. The van der Waals surface area contributed by atoms with Crippen LogP contribution in [0.1, 0.15) is 34.6 Å². The third kappa shape index (κ3) is 4.58. The first-order chi connectivity index (χ1) is 15.9. The zero-order chi connectivity index (χ0) is 23.0. The lowest BCUT2D eigenvalue weighted by Crippen LogP contribution is -2.52. The van der Waals surface area contributed by atoms with Crippen LogP contribution in [0.25, 0.3) is 11.3 Å². The molecule has 0 saturated carbocycles. The summed E-state index contributed by atoms with van der Waals surface area (Å²) in [5.41, 5.74) is 1.37. The Balaban J connectivity index is 1.16. The van der Waals surface area contributed by atoms with Crippen LogP contribution in [0.5, 0.6) is 5.75 Å². The molecule has 1 amide bonds. The average Bonchev–Trinajstić information content (AvgIpc) is 3.28. The maximum absolute atomic E-state index is 13.5. The van der Waals surface area contributed by atoms with E-state index in [9.17, 15) is 14.0 Å². The van der Waals surface area contributed by atoms with Crippen LogP contribution in [0, 0.1) is 5.82 Å². The van der Waals surface area contributed by atoms with E-state index in [1.807, 2.05) is 17.5 Å². The monoisotopic (exact) mass is 486 g/mol. The molecule has 2 aliphatic heterocycles. The Labute approximate surface area is 198 Å². The molecule has 0 N–H and O–H groups in total. The zero-order valence-corrected chi connectivity index (χ0v) is 19.1. The number of carbonyl (C=O) groups is 2. The second-order valence-corrected chi connectivity index (χ2v) is 9.58. The van der Waals surface area contributed by atoms with Crippen molar-refractivity contribution in [1.29, 1.82) is 0 Å². The molecule has 1 spiro atoms. The molecule has 6 nitrogen and oxygen atoms in total. The minimum absolute atomic E-state index is 0.0899. The minimum Gasteiger partial charge on any atom is -0.486 e. The first-order valence-electron chi connectivity index (χ1n) is 10.5. The van der Waals surface area contributed by atoms with Gasteiger partial charge in [0.25, 0.3) is 0 Å². The van der Waals surface area contributed by atoms with E-state index < -0.39 is 17.5 Å². The Morgan fingerprint density at radius 3 is 2.73 bits per heavy atom. The van der Waals surface area contributed by atoms with Gasteiger partial charge >= 0.3 is 6.09 Å². The number of amides is 1. The van der Waals surface area contributed by atoms with Crippen LogP contribution < -0.4 is 4.74 Å². The van der Waals surface area contributed by atoms with Gasteiger partial charge in [-0.25, -0.2) is 14.2 Å². The molecule has 0 aliphatic carbocycles. The summed E-state index contributed by atoms with van der Waals surface area (Å²) in [6.07, 6.45) is 0.766. The number of aromatic nitrogens is 1. The Morgan fingerprint density at radius 1 is 1.21 bits per heavy atom. The quantitative estimate of drug-likeness (QED) is 0.472. The number of piperidine rings is 1. The summed E-state index contributed by atoms with van der Waals surface area (Å²) in [5.74, 6) is -0.185. The van der Waals surface area contributed by atoms with Crippen LogP contribution in [0.4, 0.5) is 9.18 Å². The predicted molar refractivity (Wildman–Crippen MR) is 122 cm³/mol. The number of ketones is 1. The molecule has 9 heteroatoms. The molecule has 0 bridgehead atoms. The van der Waals surface area contributed by atoms with Crippen molar-refractivity contribution in [1.82, 2.24) is 9.88 Å². The molecule has 1 aromatic heterocycles. The molecule has 33 heavy (non-hydrogen) atoms. The fourth-order valence-corrected chi connectivity index (χ4v) is 5.03. The van der Waals surface area contributed by atoms with Gasteiger partial charge in [0.1, 0.15) is 28.8 Å². The normalized spacial score (nSPS) is 16.9. The van der Waals surface area contributed by atoms with Crippen molar-refractivity contribution in [2.75, 3.05) is 13.1 Å². The van der Waals surface area contributed by atoms with E-state index >= 15 is 0 Å². The van der Waals surface area contributed by atoms with Crippen LogP contribution in [-0.2, 0) is 11.3 Å². The Kier molecular flexibility index (Phi) is 5.80. The second kappa shape index (κ2) is 8.76. The van der Waals surface area contributed by atoms with E-state index in [2.05, 4.69) is 4.98 Å². The molecular weight excluding hydrogens is 467 g/mol. The standard InChI is InChI=1S/C24H20ClFN2O4S/c25-16-3-1-15(2-4-16)19-14-33-22(27-19)13-31-23(30)28-9-7-24(8-10-28)12-20(29)18-11-17(26)5-6-21(18)32-24/h1-6,11,14H,7-10,12-13H2. The van der Waals surface area contributed by atoms with Crippen molar-refractivity contribution < 1.29 is 23.5 Å². The number of benzene rings is 2. The van der Waals surface area contributed by atoms with E-state index in [0.29, 0.717) is 41.7 Å². The first-order valence-corrected chi connectivity index (χ1v) is 11.8. The van der Waals surface area contributed by atoms with E-state index in [0.717, 1.165) is 11.3 Å². The van der Waals surface area contributed by atoms with Gasteiger partial charge in [0, 0.05) is 41.9 Å². The number of nitrogens with zero attached hydrogens (tertiary/aromatic N) is 2. The topological polar surface area (TPSA) is 68.7 Å². The third-order valence-electron chi connectivity index (χ3n) is 5.99. The molecule has 0 unspecified atom stereocenters. The van der Waals surface area contributed by atoms with Crippen LogP contribution in [-0.4, -0.2) is 40.5 Å². The SMILES string of the molecule is O=C1CC2(CCN(C(=O)OCc3nc(-c4ccc(Cl)cc4)cs3)CC2)Oc2ccc(F)cc21. The summed E-state index contributed by atoms with van der Waals surface area (Å²) in [5, 5.41) is 3.28. The number of hydrogen-bond donors (Lipinski definition) is 0. The van der Waals surface area contributed by atoms with Gasteiger partial charge in [-0.1, -0.05) is 23.7 Å². The van der Waals surface area contributed by atoms with Crippen molar-refractivity contribution in [2.24, 2.45) is 0 Å². The molecule has 1 saturated heterocycles. The fraction of sp³-hybridized carbons (Fsp3) is 0.292. The first kappa shape index (κ1) is 21.9. The van der Waals surface area contributed by atoms with Gasteiger partial charge in [-0.2, -0.15) is 0 Å². The van der Waals surface area contributed by atoms with E-state index in [-0.39, 0.29) is 24.4 Å². The molecule has 2 aliphatic rings. The summed E-state index contributed by atoms with van der Waals surface area (Å²) in [4.78, 5) is 31.3. The largest absolute Gasteiger partial charge is 0.486 e. The number of ether oxygens (including phenoxy) is 2. The van der Waals surface area contributed by atoms with Crippen molar-refractivity contribution >= 4 is 34.8 Å². The minimum atomic E-state index is -0.665. The number of hydrogen-bond acceptors (Lipinski definition) is 6. The van der Waals surface area contributed by atoms with Gasteiger partial charge in [0.2, 0.25) is 0 Å². The number of rotatable bonds is 3. The van der Waals surface area contributed by atoms with E-state index in [4.69, 9.17) is 21.1 Å². The molecule has 0 radical (unpaired) electrons. The van der Waals surface area contributed by atoms with Gasteiger partial charge in [0.05, 0.1) is 17.7 Å². The summed E-state index contributed by atoms with van der Waals surface area (Å²) < 4.78 is 25.0. The Morgan fingerprint density at radius 2 is 1.97 bits per heavy atom. The third-order valence-corrected chi connectivity index (χ3v) is 7.07. The van der Waals surface area contributed by atoms with Crippen LogP contribution >= 0.6 is 22.9 Å². The van der Waals surface area contributed by atoms with Crippen molar-refractivity contribution in [3.63, 3.8) is 0 Å². The van der Waals surface area contributed by atoms with Gasteiger partial charge < -0.3 is 14.4 Å². The Hall–Kier alpha value is -2.97. The van der Waals surface area contributed by atoms with Gasteiger partial charge in [-0.3, -0.25) is 4.79 Å². The highest BCUT2D eigenvalue weighted by atomic mass is 35.5. The summed E-state index contributed by atoms with van der Waals surface area (Å²) in [6, 6.07) is 11.4. The summed E-state index contributed by atoms with van der Waals surface area (Å²) in [6.45, 7) is 0.916. The highest BCUT2D eigenvalue weighted by Crippen LogP contribution is 2.39. The van der Waals surface area contributed by atoms with Gasteiger partial charge in [-0.05, 0) is 30.3 Å². The molecule has 3 heterocycles. The highest BCUT2D eigenvalue weighted by molar-refractivity contribution is 7.09. The van der Waals surface area contributed by atoms with E-state index in [1.54, 1.807) is 17.0 Å². The van der Waals surface area contributed by atoms with Crippen LogP contribution in [0.15, 0.2) is 47.8 Å². The number of halogens is 2. The van der Waals surface area contributed by atoms with Gasteiger partial charge in [-0.15, -0.1) is 11.3 Å². The van der Waals surface area contributed by atoms with Crippen molar-refractivity contribution in [2.45, 2.75) is 31.5 Å². The molecule has 0 atom stereocenters. The second-order valence-electron chi connectivity index (χ2n) is 8.20. The molecule has 170 valence electrons. The number of likely N-dealkylation sites (tertiary alicyclic amines) is 1. The predicted octanol–water partition coefficient (Wildman–Crippen LogP) is 5.74. The zero-order valence-electron chi connectivity index (χ0n) is 17.6. The molecule has 1 fully saturated rings. The van der Waals surface area contributed by atoms with Crippen LogP contribution in [0.3, 0.4) is 0 Å². The number of fused-ring (bicyclic) bond motifs is 1. The Bertz CT molecular complexity index is 1210. The highest BCUT2D eigenvalue weighted by Gasteiger charge is 2.44. The lowest BCUT2D eigenvalue weighted by atomic mass is 9.82. The maximum Gasteiger partial charge on any atom is 0.410 e. The number of carbonyl (C=O) groups excluding carboxylic acids is 2.